The fourth-order valence-electron chi connectivity index (χ4n) is 2.71. The van der Waals surface area contributed by atoms with Gasteiger partial charge in [-0.25, -0.2) is 4.79 Å². The van der Waals surface area contributed by atoms with E-state index in [1.807, 2.05) is 24.3 Å². The molecule has 0 spiro atoms. The highest BCUT2D eigenvalue weighted by Crippen LogP contribution is 2.31. The maximum atomic E-state index is 12.1. The van der Waals surface area contributed by atoms with Crippen LogP contribution in [0.2, 0.25) is 0 Å². The van der Waals surface area contributed by atoms with Crippen LogP contribution in [0.15, 0.2) is 48.5 Å². The molecular weight excluding hydrogens is 361 g/mol. The van der Waals surface area contributed by atoms with Gasteiger partial charge < -0.3 is 20.1 Å². The second-order valence-corrected chi connectivity index (χ2v) is 6.15. The van der Waals surface area contributed by atoms with Gasteiger partial charge in [0, 0.05) is 12.1 Å². The smallest absolute Gasteiger partial charge is 0.411 e. The summed E-state index contributed by atoms with van der Waals surface area (Å²) < 4.78 is 46.3. The highest BCUT2D eigenvalue weighted by atomic mass is 19.4. The number of halogens is 3. The van der Waals surface area contributed by atoms with Crippen LogP contribution in [0.4, 0.5) is 18.0 Å². The Morgan fingerprint density at radius 1 is 1.11 bits per heavy atom. The van der Waals surface area contributed by atoms with Gasteiger partial charge >= 0.3 is 12.2 Å². The molecule has 0 bridgehead atoms. The van der Waals surface area contributed by atoms with Gasteiger partial charge in [-0.2, -0.15) is 13.2 Å². The molecule has 5 nitrogen and oxygen atoms in total. The van der Waals surface area contributed by atoms with E-state index in [0.29, 0.717) is 18.7 Å². The van der Waals surface area contributed by atoms with E-state index in [0.717, 1.165) is 16.9 Å². The standard InChI is InChI=1S/C19H19F3N2O3/c20-19(21,22)12-26-10-14-7-5-13(6-8-14)9-23-18(25)24-16-11-27-17-4-2-1-3-15(16)17/h1-8,16H,9-12H2,(H2,23,24,25). The molecular formula is C19H19F3N2O3. The summed E-state index contributed by atoms with van der Waals surface area (Å²) in [6.45, 7) is -0.705. The Morgan fingerprint density at radius 2 is 1.81 bits per heavy atom. The van der Waals surface area contributed by atoms with E-state index in [1.54, 1.807) is 24.3 Å². The normalized spacial score (nSPS) is 15.7. The van der Waals surface area contributed by atoms with Crippen LogP contribution in [0.25, 0.3) is 0 Å². The molecule has 2 aromatic rings. The largest absolute Gasteiger partial charge is 0.491 e. The number of carbonyl (C=O) groups excluding carboxylic acids is 1. The predicted molar refractivity (Wildman–Crippen MR) is 92.2 cm³/mol. The molecule has 27 heavy (non-hydrogen) atoms. The summed E-state index contributed by atoms with van der Waals surface area (Å²) in [6.07, 6.45) is -4.33. The molecule has 0 radical (unpaired) electrons. The van der Waals surface area contributed by atoms with Crippen LogP contribution < -0.4 is 15.4 Å². The third-order valence-electron chi connectivity index (χ3n) is 4.02. The number of rotatable bonds is 6. The molecule has 0 aromatic heterocycles. The van der Waals surface area contributed by atoms with E-state index in [2.05, 4.69) is 15.4 Å². The third kappa shape index (κ3) is 5.62. The van der Waals surface area contributed by atoms with E-state index in [1.165, 1.54) is 0 Å². The number of nitrogens with one attached hydrogen (secondary N) is 2. The maximum Gasteiger partial charge on any atom is 0.411 e. The van der Waals surface area contributed by atoms with E-state index in [-0.39, 0.29) is 18.7 Å². The second-order valence-electron chi connectivity index (χ2n) is 6.15. The Bertz CT molecular complexity index is 779. The Kier molecular flexibility index (Phi) is 5.85. The lowest BCUT2D eigenvalue weighted by molar-refractivity contribution is -0.176. The summed E-state index contributed by atoms with van der Waals surface area (Å²) in [4.78, 5) is 12.1. The number of fused-ring (bicyclic) bond motifs is 1. The van der Waals surface area contributed by atoms with Crippen molar-refractivity contribution < 1.29 is 27.4 Å². The van der Waals surface area contributed by atoms with E-state index >= 15 is 0 Å². The summed E-state index contributed by atoms with van der Waals surface area (Å²) in [5.74, 6) is 0.770. The van der Waals surface area contributed by atoms with Gasteiger partial charge in [0.1, 0.15) is 19.0 Å². The van der Waals surface area contributed by atoms with E-state index in [4.69, 9.17) is 4.74 Å². The third-order valence-corrected chi connectivity index (χ3v) is 4.02. The molecule has 1 unspecified atom stereocenters. The van der Waals surface area contributed by atoms with Crippen molar-refractivity contribution in [3.63, 3.8) is 0 Å². The van der Waals surface area contributed by atoms with Gasteiger partial charge in [0.05, 0.1) is 12.6 Å². The molecule has 1 heterocycles. The minimum absolute atomic E-state index is 0.116. The van der Waals surface area contributed by atoms with Crippen LogP contribution in [0.5, 0.6) is 5.75 Å². The number of hydrogen-bond acceptors (Lipinski definition) is 3. The zero-order valence-electron chi connectivity index (χ0n) is 14.4. The molecule has 2 amide bonds. The van der Waals surface area contributed by atoms with Crippen LogP contribution in [0.1, 0.15) is 22.7 Å². The van der Waals surface area contributed by atoms with Crippen LogP contribution in [-0.2, 0) is 17.9 Å². The van der Waals surface area contributed by atoms with Gasteiger partial charge in [-0.05, 0) is 17.2 Å². The van der Waals surface area contributed by atoms with Crippen molar-refractivity contribution in [2.45, 2.75) is 25.4 Å². The van der Waals surface area contributed by atoms with E-state index < -0.39 is 12.8 Å². The quantitative estimate of drug-likeness (QED) is 0.804. The molecule has 0 saturated carbocycles. The first-order chi connectivity index (χ1) is 12.9. The minimum atomic E-state index is -4.33. The number of hydrogen-bond donors (Lipinski definition) is 2. The number of ether oxygens (including phenoxy) is 2. The van der Waals surface area contributed by atoms with Crippen molar-refractivity contribution in [1.29, 1.82) is 0 Å². The summed E-state index contributed by atoms with van der Waals surface area (Å²) in [5.41, 5.74) is 2.40. The highest BCUT2D eigenvalue weighted by Gasteiger charge is 2.27. The molecule has 8 heteroatoms. The minimum Gasteiger partial charge on any atom is -0.491 e. The summed E-state index contributed by atoms with van der Waals surface area (Å²) >= 11 is 0. The molecule has 0 saturated heterocycles. The van der Waals surface area contributed by atoms with Crippen molar-refractivity contribution in [2.75, 3.05) is 13.2 Å². The molecule has 3 rings (SSSR count). The molecule has 1 atom stereocenters. The van der Waals surface area contributed by atoms with Crippen LogP contribution in [-0.4, -0.2) is 25.4 Å². The lowest BCUT2D eigenvalue weighted by Crippen LogP contribution is -2.38. The van der Waals surface area contributed by atoms with Crippen molar-refractivity contribution >= 4 is 6.03 Å². The average molecular weight is 380 g/mol. The monoisotopic (exact) mass is 380 g/mol. The topological polar surface area (TPSA) is 59.6 Å². The van der Waals surface area contributed by atoms with Crippen molar-refractivity contribution in [3.8, 4) is 5.75 Å². The first kappa shape index (κ1) is 19.0. The van der Waals surface area contributed by atoms with Crippen molar-refractivity contribution in [2.24, 2.45) is 0 Å². The second kappa shape index (κ2) is 8.30. The number of para-hydroxylation sites is 1. The highest BCUT2D eigenvalue weighted by molar-refractivity contribution is 5.74. The number of benzene rings is 2. The lowest BCUT2D eigenvalue weighted by Gasteiger charge is -2.13. The number of carbonyl (C=O) groups is 1. The first-order valence-electron chi connectivity index (χ1n) is 8.39. The molecule has 2 aromatic carbocycles. The molecule has 2 N–H and O–H groups in total. The molecule has 1 aliphatic rings. The average Bonchev–Trinajstić information content (AvgIpc) is 3.03. The van der Waals surface area contributed by atoms with Crippen LogP contribution >= 0.6 is 0 Å². The number of amides is 2. The first-order valence-corrected chi connectivity index (χ1v) is 8.39. The fourth-order valence-corrected chi connectivity index (χ4v) is 2.71. The summed E-state index contributed by atoms with van der Waals surface area (Å²) in [6, 6.07) is 13.8. The lowest BCUT2D eigenvalue weighted by atomic mass is 10.1. The zero-order valence-corrected chi connectivity index (χ0v) is 14.4. The molecule has 0 fully saturated rings. The summed E-state index contributed by atoms with van der Waals surface area (Å²) in [7, 11) is 0. The van der Waals surface area contributed by atoms with Gasteiger partial charge in [-0.3, -0.25) is 0 Å². The predicted octanol–water partition coefficient (Wildman–Crippen LogP) is 3.70. The van der Waals surface area contributed by atoms with Crippen LogP contribution in [0.3, 0.4) is 0 Å². The van der Waals surface area contributed by atoms with Gasteiger partial charge in [-0.1, -0.05) is 42.5 Å². The maximum absolute atomic E-state index is 12.1. The Hall–Kier alpha value is -2.74. The number of alkyl halides is 3. The van der Waals surface area contributed by atoms with Crippen molar-refractivity contribution in [3.05, 3.63) is 65.2 Å². The zero-order chi connectivity index (χ0) is 19.3. The molecule has 1 aliphatic heterocycles. The SMILES string of the molecule is O=C(NCc1ccc(COCC(F)(F)F)cc1)NC1COc2ccccc21. The number of urea groups is 1. The molecule has 144 valence electrons. The Morgan fingerprint density at radius 3 is 2.56 bits per heavy atom. The van der Waals surface area contributed by atoms with Crippen molar-refractivity contribution in [1.82, 2.24) is 10.6 Å². The fraction of sp³-hybridized carbons (Fsp3) is 0.316. The van der Waals surface area contributed by atoms with Gasteiger partial charge in [0.2, 0.25) is 0 Å². The Labute approximate surface area is 154 Å². The molecule has 0 aliphatic carbocycles. The van der Waals surface area contributed by atoms with E-state index in [9.17, 15) is 18.0 Å². The van der Waals surface area contributed by atoms with Gasteiger partial charge in [0.25, 0.3) is 0 Å². The van der Waals surface area contributed by atoms with Gasteiger partial charge in [-0.15, -0.1) is 0 Å². The Balaban J connectivity index is 1.43. The van der Waals surface area contributed by atoms with Crippen LogP contribution in [0, 0.1) is 0 Å². The van der Waals surface area contributed by atoms with Gasteiger partial charge in [0.15, 0.2) is 0 Å². The summed E-state index contributed by atoms with van der Waals surface area (Å²) in [5, 5.41) is 5.61.